The minimum absolute atomic E-state index is 0.138. The molecule has 0 aliphatic carbocycles. The molecule has 0 bridgehead atoms. The highest BCUT2D eigenvalue weighted by atomic mass is 16.5. The van der Waals surface area contributed by atoms with E-state index in [-0.39, 0.29) is 18.3 Å². The summed E-state index contributed by atoms with van der Waals surface area (Å²) in [4.78, 5) is 0. The second-order valence-corrected chi connectivity index (χ2v) is 4.83. The van der Waals surface area contributed by atoms with E-state index in [0.29, 0.717) is 17.0 Å². The van der Waals surface area contributed by atoms with Gasteiger partial charge in [0.05, 0.1) is 17.8 Å². The van der Waals surface area contributed by atoms with Crippen LogP contribution in [0.2, 0.25) is 0 Å². The standard InChI is InChI=1S/C14H18N2O2/c1-9-5-13(6-10(2)17-9)18-12-3-4-14(16)11(7-12)8-15/h3-4,7,9-10,13H,5-6,16H2,1-2H3. The highest BCUT2D eigenvalue weighted by Crippen LogP contribution is 2.26. The molecule has 0 radical (unpaired) electrons. The summed E-state index contributed by atoms with van der Waals surface area (Å²) in [7, 11) is 0. The first kappa shape index (κ1) is 12.7. The fourth-order valence-corrected chi connectivity index (χ4v) is 2.34. The summed E-state index contributed by atoms with van der Waals surface area (Å²) in [5, 5.41) is 8.93. The Hall–Kier alpha value is -1.73. The molecule has 1 aliphatic heterocycles. The molecule has 1 fully saturated rings. The second-order valence-electron chi connectivity index (χ2n) is 4.83. The number of nitrogen functional groups attached to an aromatic ring is 1. The number of hydrogen-bond donors (Lipinski definition) is 1. The number of benzene rings is 1. The molecule has 96 valence electrons. The lowest BCUT2D eigenvalue weighted by Crippen LogP contribution is -2.35. The zero-order chi connectivity index (χ0) is 13.1. The van der Waals surface area contributed by atoms with E-state index in [2.05, 4.69) is 19.9 Å². The van der Waals surface area contributed by atoms with Gasteiger partial charge in [-0.05, 0) is 32.0 Å². The van der Waals surface area contributed by atoms with Gasteiger partial charge in [0, 0.05) is 18.5 Å². The molecule has 2 rings (SSSR count). The molecule has 4 heteroatoms. The Balaban J connectivity index is 2.07. The minimum Gasteiger partial charge on any atom is -0.490 e. The molecule has 1 aliphatic rings. The van der Waals surface area contributed by atoms with Crippen LogP contribution in [0.3, 0.4) is 0 Å². The van der Waals surface area contributed by atoms with Gasteiger partial charge >= 0.3 is 0 Å². The fraction of sp³-hybridized carbons (Fsp3) is 0.500. The first-order valence-corrected chi connectivity index (χ1v) is 6.20. The molecule has 0 aromatic heterocycles. The maximum absolute atomic E-state index is 8.93. The van der Waals surface area contributed by atoms with Crippen molar-refractivity contribution in [2.75, 3.05) is 5.73 Å². The number of nitrogens with two attached hydrogens (primary N) is 1. The van der Waals surface area contributed by atoms with Crippen LogP contribution in [0.5, 0.6) is 5.75 Å². The third kappa shape index (κ3) is 2.93. The van der Waals surface area contributed by atoms with Crippen molar-refractivity contribution >= 4 is 5.69 Å². The Labute approximate surface area is 107 Å². The molecule has 0 spiro atoms. The van der Waals surface area contributed by atoms with Gasteiger partial charge in [-0.2, -0.15) is 5.26 Å². The van der Waals surface area contributed by atoms with E-state index in [0.717, 1.165) is 12.8 Å². The van der Waals surface area contributed by atoms with E-state index in [9.17, 15) is 0 Å². The molecule has 1 heterocycles. The third-order valence-electron chi connectivity index (χ3n) is 3.10. The van der Waals surface area contributed by atoms with E-state index in [1.165, 1.54) is 0 Å². The van der Waals surface area contributed by atoms with E-state index in [4.69, 9.17) is 20.5 Å². The van der Waals surface area contributed by atoms with Crippen molar-refractivity contribution < 1.29 is 9.47 Å². The van der Waals surface area contributed by atoms with Crippen molar-refractivity contribution in [2.45, 2.75) is 45.0 Å². The van der Waals surface area contributed by atoms with Crippen molar-refractivity contribution in [1.29, 1.82) is 5.26 Å². The normalized spacial score (nSPS) is 27.5. The van der Waals surface area contributed by atoms with Crippen LogP contribution < -0.4 is 10.5 Å². The van der Waals surface area contributed by atoms with Gasteiger partial charge in [-0.3, -0.25) is 0 Å². The number of hydrogen-bond acceptors (Lipinski definition) is 4. The Bertz CT molecular complexity index is 457. The molecule has 1 aromatic rings. The maximum Gasteiger partial charge on any atom is 0.121 e. The Kier molecular flexibility index (Phi) is 3.73. The molecule has 18 heavy (non-hydrogen) atoms. The van der Waals surface area contributed by atoms with E-state index >= 15 is 0 Å². The van der Waals surface area contributed by atoms with Gasteiger partial charge in [-0.15, -0.1) is 0 Å². The van der Waals surface area contributed by atoms with Crippen molar-refractivity contribution in [3.63, 3.8) is 0 Å². The average molecular weight is 246 g/mol. The van der Waals surface area contributed by atoms with E-state index < -0.39 is 0 Å². The molecule has 2 N–H and O–H groups in total. The molecular weight excluding hydrogens is 228 g/mol. The number of anilines is 1. The van der Waals surface area contributed by atoms with Gasteiger partial charge in [0.25, 0.3) is 0 Å². The summed E-state index contributed by atoms with van der Waals surface area (Å²) in [6.07, 6.45) is 2.30. The molecule has 2 atom stereocenters. The van der Waals surface area contributed by atoms with Gasteiger partial charge in [0.2, 0.25) is 0 Å². The molecule has 4 nitrogen and oxygen atoms in total. The predicted molar refractivity (Wildman–Crippen MR) is 69.2 cm³/mol. The Morgan fingerprint density at radius 3 is 2.61 bits per heavy atom. The third-order valence-corrected chi connectivity index (χ3v) is 3.10. The summed E-state index contributed by atoms with van der Waals surface area (Å²) in [6, 6.07) is 7.27. The summed E-state index contributed by atoms with van der Waals surface area (Å²) in [6.45, 7) is 4.10. The molecule has 1 aromatic carbocycles. The lowest BCUT2D eigenvalue weighted by Gasteiger charge is -2.32. The predicted octanol–water partition coefficient (Wildman–Crippen LogP) is 2.48. The molecule has 0 saturated carbocycles. The summed E-state index contributed by atoms with van der Waals surface area (Å²) >= 11 is 0. The largest absolute Gasteiger partial charge is 0.490 e. The highest BCUT2D eigenvalue weighted by molar-refractivity contribution is 5.56. The van der Waals surface area contributed by atoms with Crippen LogP contribution in [0, 0.1) is 11.3 Å². The summed E-state index contributed by atoms with van der Waals surface area (Å²) in [5.74, 6) is 0.701. The molecule has 0 amide bonds. The smallest absolute Gasteiger partial charge is 0.121 e. The van der Waals surface area contributed by atoms with E-state index in [1.807, 2.05) is 0 Å². The minimum atomic E-state index is 0.138. The first-order chi connectivity index (χ1) is 8.58. The van der Waals surface area contributed by atoms with Gasteiger partial charge < -0.3 is 15.2 Å². The number of rotatable bonds is 2. The lowest BCUT2D eigenvalue weighted by atomic mass is 10.0. The van der Waals surface area contributed by atoms with Crippen LogP contribution >= 0.6 is 0 Å². The van der Waals surface area contributed by atoms with Gasteiger partial charge in [0.15, 0.2) is 0 Å². The molecule has 1 saturated heterocycles. The van der Waals surface area contributed by atoms with Gasteiger partial charge in [-0.25, -0.2) is 0 Å². The monoisotopic (exact) mass is 246 g/mol. The summed E-state index contributed by atoms with van der Waals surface area (Å²) < 4.78 is 11.6. The molecule has 2 unspecified atom stereocenters. The van der Waals surface area contributed by atoms with Crippen molar-refractivity contribution in [3.05, 3.63) is 23.8 Å². The quantitative estimate of drug-likeness (QED) is 0.814. The highest BCUT2D eigenvalue weighted by Gasteiger charge is 2.25. The van der Waals surface area contributed by atoms with Crippen LogP contribution in [0.15, 0.2) is 18.2 Å². The van der Waals surface area contributed by atoms with Crippen LogP contribution in [-0.4, -0.2) is 18.3 Å². The van der Waals surface area contributed by atoms with Gasteiger partial charge in [-0.1, -0.05) is 0 Å². The first-order valence-electron chi connectivity index (χ1n) is 6.20. The average Bonchev–Trinajstić information content (AvgIpc) is 2.30. The SMILES string of the molecule is CC1CC(Oc2ccc(N)c(C#N)c2)CC(C)O1. The number of ether oxygens (including phenoxy) is 2. The van der Waals surface area contributed by atoms with Crippen molar-refractivity contribution in [1.82, 2.24) is 0 Å². The Morgan fingerprint density at radius 2 is 2.00 bits per heavy atom. The zero-order valence-corrected chi connectivity index (χ0v) is 10.7. The van der Waals surface area contributed by atoms with Crippen molar-refractivity contribution in [3.8, 4) is 11.8 Å². The zero-order valence-electron chi connectivity index (χ0n) is 10.7. The van der Waals surface area contributed by atoms with E-state index in [1.54, 1.807) is 18.2 Å². The topological polar surface area (TPSA) is 68.3 Å². The van der Waals surface area contributed by atoms with Crippen LogP contribution in [0.1, 0.15) is 32.3 Å². The fourth-order valence-electron chi connectivity index (χ4n) is 2.34. The number of nitrogens with zero attached hydrogens (tertiary/aromatic N) is 1. The van der Waals surface area contributed by atoms with Crippen LogP contribution in [-0.2, 0) is 4.74 Å². The van der Waals surface area contributed by atoms with Crippen LogP contribution in [0.4, 0.5) is 5.69 Å². The Morgan fingerprint density at radius 1 is 1.33 bits per heavy atom. The maximum atomic E-state index is 8.93. The lowest BCUT2D eigenvalue weighted by molar-refractivity contribution is -0.0721. The second kappa shape index (κ2) is 5.28. The van der Waals surface area contributed by atoms with Gasteiger partial charge in [0.1, 0.15) is 17.9 Å². The number of nitriles is 1. The van der Waals surface area contributed by atoms with Crippen molar-refractivity contribution in [2.24, 2.45) is 0 Å². The molecular formula is C14H18N2O2. The van der Waals surface area contributed by atoms with Crippen LogP contribution in [0.25, 0.3) is 0 Å². The summed E-state index contributed by atoms with van der Waals surface area (Å²) in [5.41, 5.74) is 6.62.